The van der Waals surface area contributed by atoms with Crippen molar-refractivity contribution in [3.63, 3.8) is 0 Å². The molecule has 62 heavy (non-hydrogen) atoms. The van der Waals surface area contributed by atoms with E-state index in [0.29, 0.717) is 25.7 Å². The van der Waals surface area contributed by atoms with Gasteiger partial charge in [0.25, 0.3) is 0 Å². The van der Waals surface area contributed by atoms with Gasteiger partial charge in [-0.2, -0.15) is 0 Å². The molecule has 1 aliphatic carbocycles. The van der Waals surface area contributed by atoms with Crippen molar-refractivity contribution in [3.05, 3.63) is 85.1 Å². The number of aliphatic hydroxyl groups excluding tert-OH is 6. The largest absolute Gasteiger partial charge is 0.472 e. The van der Waals surface area contributed by atoms with Gasteiger partial charge in [-0.1, -0.05) is 137 Å². The Bertz CT molecular complexity index is 1420. The summed E-state index contributed by atoms with van der Waals surface area (Å²) < 4.78 is 33.4. The lowest BCUT2D eigenvalue weighted by atomic mass is 9.85. The van der Waals surface area contributed by atoms with E-state index in [1.807, 2.05) is 18.2 Å². The lowest BCUT2D eigenvalue weighted by molar-refractivity contribution is -0.220. The van der Waals surface area contributed by atoms with Gasteiger partial charge in [-0.15, -0.1) is 0 Å². The van der Waals surface area contributed by atoms with Crippen LogP contribution in [0.15, 0.2) is 85.1 Å². The molecule has 9 atom stereocenters. The number of esters is 2. The number of phosphoric acid groups is 1. The van der Waals surface area contributed by atoms with Crippen LogP contribution >= 0.6 is 7.82 Å². The molecule has 15 heteroatoms. The van der Waals surface area contributed by atoms with Gasteiger partial charge in [-0.05, 0) is 70.6 Å². The molecule has 14 nitrogen and oxygen atoms in total. The van der Waals surface area contributed by atoms with Gasteiger partial charge >= 0.3 is 19.8 Å². The first-order chi connectivity index (χ1) is 29.8. The van der Waals surface area contributed by atoms with Crippen LogP contribution in [0.5, 0.6) is 0 Å². The molecule has 0 heterocycles. The standard InChI is InChI=1S/C47H77O14P/c1-3-5-7-9-11-12-13-14-15-16-17-18-19-20-22-26-30-34-40(49)58-36-39(37-59-62(56,57)61-47-45(54)43(52)42(51)44(53)46(47)55)60-41(50)35-31-27-23-25-29-33-38(48)32-28-24-21-10-8-6-4-2/h5-8,11-12,14-15,17-18,21,24,28,32,38-39,42-48,51-55H,3-4,9-10,13,16,19-20,22-23,25-27,29-31,33-37H2,1-2H3,(H,56,57)/b7-5-,8-6+,12-11-,15-14-,18-17-,24-21+,32-28+/t38?,39-,42?,43-,44+,45-,46-,47?/m1/s1. The highest BCUT2D eigenvalue weighted by molar-refractivity contribution is 7.47. The third-order valence-electron chi connectivity index (χ3n) is 9.84. The fourth-order valence-corrected chi connectivity index (χ4v) is 7.20. The van der Waals surface area contributed by atoms with Crippen LogP contribution in [0, 0.1) is 0 Å². The number of ether oxygens (including phenoxy) is 2. The monoisotopic (exact) mass is 897 g/mol. The molecule has 1 aliphatic rings. The Morgan fingerprint density at radius 2 is 1.06 bits per heavy atom. The zero-order valence-corrected chi connectivity index (χ0v) is 37.9. The number of phosphoric ester groups is 1. The van der Waals surface area contributed by atoms with Crippen LogP contribution in [0.3, 0.4) is 0 Å². The van der Waals surface area contributed by atoms with Gasteiger partial charge in [0.1, 0.15) is 43.2 Å². The van der Waals surface area contributed by atoms with Crippen molar-refractivity contribution in [2.45, 2.75) is 185 Å². The maximum absolute atomic E-state index is 12.8. The summed E-state index contributed by atoms with van der Waals surface area (Å²) in [4.78, 5) is 35.7. The molecule has 0 amide bonds. The third kappa shape index (κ3) is 28.6. The molecule has 1 rings (SSSR count). The van der Waals surface area contributed by atoms with Gasteiger partial charge < -0.3 is 45.0 Å². The summed E-state index contributed by atoms with van der Waals surface area (Å²) in [5.41, 5.74) is 0. The Balaban J connectivity index is 2.53. The van der Waals surface area contributed by atoms with Crippen molar-refractivity contribution < 1.29 is 68.2 Å². The van der Waals surface area contributed by atoms with Gasteiger partial charge in [0, 0.05) is 12.8 Å². The van der Waals surface area contributed by atoms with Crippen LogP contribution < -0.4 is 0 Å². The summed E-state index contributed by atoms with van der Waals surface area (Å²) in [6.07, 6.45) is 29.3. The Kier molecular flexibility index (Phi) is 33.4. The number of allylic oxidation sites excluding steroid dienone is 13. The number of carbonyl (C=O) groups excluding carboxylic acids is 2. The average Bonchev–Trinajstić information content (AvgIpc) is 3.25. The molecular formula is C47H77O14P. The fraction of sp³-hybridized carbons (Fsp3) is 0.660. The minimum atomic E-state index is -5.16. The van der Waals surface area contributed by atoms with Crippen LogP contribution in [0.4, 0.5) is 0 Å². The lowest BCUT2D eigenvalue weighted by Gasteiger charge is -2.41. The van der Waals surface area contributed by atoms with Crippen molar-refractivity contribution in [3.8, 4) is 0 Å². The number of unbranched alkanes of at least 4 members (excludes halogenated alkanes) is 8. The smallest absolute Gasteiger partial charge is 0.462 e. The maximum atomic E-state index is 12.8. The predicted molar refractivity (Wildman–Crippen MR) is 241 cm³/mol. The van der Waals surface area contributed by atoms with Crippen molar-refractivity contribution in [1.29, 1.82) is 0 Å². The zero-order valence-electron chi connectivity index (χ0n) is 37.0. The van der Waals surface area contributed by atoms with Gasteiger partial charge in [0.2, 0.25) is 0 Å². The molecular weight excluding hydrogens is 819 g/mol. The minimum Gasteiger partial charge on any atom is -0.462 e. The summed E-state index contributed by atoms with van der Waals surface area (Å²) in [5.74, 6) is -1.21. The molecule has 0 saturated heterocycles. The quantitative estimate of drug-likeness (QED) is 0.0108. The van der Waals surface area contributed by atoms with Crippen LogP contribution in [-0.2, 0) is 32.7 Å². The second-order valence-electron chi connectivity index (χ2n) is 15.3. The Labute approximate surface area is 370 Å². The Morgan fingerprint density at radius 3 is 1.66 bits per heavy atom. The van der Waals surface area contributed by atoms with Crippen LogP contribution in [0.2, 0.25) is 0 Å². The van der Waals surface area contributed by atoms with Crippen LogP contribution in [-0.4, -0.2) is 110 Å². The highest BCUT2D eigenvalue weighted by atomic mass is 31.2. The number of carbonyl (C=O) groups is 2. The molecule has 0 aliphatic heterocycles. The first-order valence-electron chi connectivity index (χ1n) is 22.5. The normalized spacial score (nSPS) is 23.2. The highest BCUT2D eigenvalue weighted by Gasteiger charge is 2.51. The first kappa shape index (κ1) is 57.0. The van der Waals surface area contributed by atoms with Gasteiger partial charge in [0.05, 0.1) is 12.7 Å². The predicted octanol–water partition coefficient (Wildman–Crippen LogP) is 7.47. The fourth-order valence-electron chi connectivity index (χ4n) is 6.23. The number of hydrogen-bond donors (Lipinski definition) is 7. The second-order valence-corrected chi connectivity index (χ2v) is 16.7. The van der Waals surface area contributed by atoms with Gasteiger partial charge in [0.15, 0.2) is 6.10 Å². The van der Waals surface area contributed by atoms with E-state index in [1.165, 1.54) is 0 Å². The summed E-state index contributed by atoms with van der Waals surface area (Å²) in [6, 6.07) is 0. The van der Waals surface area contributed by atoms with E-state index >= 15 is 0 Å². The van der Waals surface area contributed by atoms with Crippen molar-refractivity contribution >= 4 is 19.8 Å². The van der Waals surface area contributed by atoms with E-state index < -0.39 is 81.8 Å². The lowest BCUT2D eigenvalue weighted by Crippen LogP contribution is -2.64. The molecule has 7 N–H and O–H groups in total. The van der Waals surface area contributed by atoms with E-state index in [1.54, 1.807) is 6.08 Å². The second kappa shape index (κ2) is 36.3. The summed E-state index contributed by atoms with van der Waals surface area (Å²) in [6.45, 7) is 2.93. The molecule has 4 unspecified atom stereocenters. The minimum absolute atomic E-state index is 0.0162. The van der Waals surface area contributed by atoms with Crippen molar-refractivity contribution in [1.82, 2.24) is 0 Å². The summed E-state index contributed by atoms with van der Waals surface area (Å²) >= 11 is 0. The number of aliphatic hydroxyl groups is 6. The van der Waals surface area contributed by atoms with E-state index in [-0.39, 0.29) is 12.8 Å². The van der Waals surface area contributed by atoms with Crippen LogP contribution in [0.25, 0.3) is 0 Å². The summed E-state index contributed by atoms with van der Waals surface area (Å²) in [5, 5.41) is 60.3. The number of rotatable bonds is 35. The Morgan fingerprint density at radius 1 is 0.581 bits per heavy atom. The van der Waals surface area contributed by atoms with E-state index in [2.05, 4.69) is 74.6 Å². The maximum Gasteiger partial charge on any atom is 0.472 e. The van der Waals surface area contributed by atoms with Crippen molar-refractivity contribution in [2.75, 3.05) is 13.2 Å². The van der Waals surface area contributed by atoms with E-state index in [4.69, 9.17) is 18.5 Å². The van der Waals surface area contributed by atoms with Crippen molar-refractivity contribution in [2.24, 2.45) is 0 Å². The first-order valence-corrected chi connectivity index (χ1v) is 24.0. The Hall–Kier alpha value is -3.01. The molecule has 0 spiro atoms. The molecule has 0 aromatic heterocycles. The molecule has 0 aromatic rings. The highest BCUT2D eigenvalue weighted by Crippen LogP contribution is 2.47. The molecule has 0 radical (unpaired) electrons. The van der Waals surface area contributed by atoms with Gasteiger partial charge in [-0.3, -0.25) is 18.6 Å². The van der Waals surface area contributed by atoms with Crippen LogP contribution in [0.1, 0.15) is 136 Å². The average molecular weight is 897 g/mol. The zero-order chi connectivity index (χ0) is 45.9. The molecule has 0 bridgehead atoms. The van der Waals surface area contributed by atoms with E-state index in [9.17, 15) is 49.7 Å². The van der Waals surface area contributed by atoms with Gasteiger partial charge in [-0.25, -0.2) is 4.57 Å². The molecule has 354 valence electrons. The SMILES string of the molecule is CC/C=C\C/C=C\C/C=C\C/C=C\CCCCCCC(=O)OC[C@H](COP(=O)(O)OC1[C@H](O)[C@H](O)C(O)[C@H](O)[C@H]1O)OC(=O)CCCCCCCC(O)/C=C/C=C/C/C=C/CC. The topological polar surface area (TPSA) is 230 Å². The number of hydrogen-bond acceptors (Lipinski definition) is 13. The third-order valence-corrected chi connectivity index (χ3v) is 10.8. The molecule has 1 fully saturated rings. The molecule has 0 aromatic carbocycles. The van der Waals surface area contributed by atoms with E-state index in [0.717, 1.165) is 83.5 Å². The summed E-state index contributed by atoms with van der Waals surface area (Å²) in [7, 11) is -5.16. The molecule has 1 saturated carbocycles.